The molecule has 0 heterocycles. The number of carboxylic acids is 1. The van der Waals surface area contributed by atoms with Gasteiger partial charge in [0, 0.05) is 6.42 Å². The smallest absolute Gasteiger partial charge is 0.303 e. The molecule has 0 aromatic heterocycles. The van der Waals surface area contributed by atoms with Gasteiger partial charge in [0.05, 0.1) is 7.11 Å². The van der Waals surface area contributed by atoms with Crippen LogP contribution < -0.4 is 4.74 Å². The third kappa shape index (κ3) is 7.51. The molecule has 0 atom stereocenters. The molecule has 0 bridgehead atoms. The van der Waals surface area contributed by atoms with Crippen molar-refractivity contribution in [1.29, 1.82) is 0 Å². The van der Waals surface area contributed by atoms with Gasteiger partial charge in [-0.1, -0.05) is 57.0 Å². The molecule has 3 heteroatoms. The second kappa shape index (κ2) is 13.1. The minimum atomic E-state index is -0.766. The van der Waals surface area contributed by atoms with E-state index in [9.17, 15) is 4.79 Å². The summed E-state index contributed by atoms with van der Waals surface area (Å²) in [6.45, 7) is 4.52. The Morgan fingerprint density at radius 2 is 1.47 bits per heavy atom. The Balaban J connectivity index is 2.05. The summed E-state index contributed by atoms with van der Waals surface area (Å²) in [5.74, 6) is 0.110. The maximum atomic E-state index is 10.8. The van der Waals surface area contributed by atoms with Gasteiger partial charge in [0.25, 0.3) is 0 Å². The van der Waals surface area contributed by atoms with Crippen molar-refractivity contribution in [1.82, 2.24) is 0 Å². The van der Waals surface area contributed by atoms with Gasteiger partial charge in [-0.3, -0.25) is 4.79 Å². The summed E-state index contributed by atoms with van der Waals surface area (Å²) in [5, 5.41) is 8.89. The van der Waals surface area contributed by atoms with Crippen molar-refractivity contribution < 1.29 is 14.6 Å². The fourth-order valence-electron chi connectivity index (χ4n) is 4.07. The first-order valence-corrected chi connectivity index (χ1v) is 11.6. The van der Waals surface area contributed by atoms with Crippen LogP contribution in [0.25, 0.3) is 0 Å². The van der Waals surface area contributed by atoms with E-state index in [1.165, 1.54) is 49.7 Å². The lowest BCUT2D eigenvalue weighted by Crippen LogP contribution is -2.03. The normalized spacial score (nSPS) is 10.9. The van der Waals surface area contributed by atoms with Gasteiger partial charge in [0.15, 0.2) is 0 Å². The highest BCUT2D eigenvalue weighted by Gasteiger charge is 2.10. The van der Waals surface area contributed by atoms with Crippen molar-refractivity contribution in [3.63, 3.8) is 0 Å². The average Bonchev–Trinajstić information content (AvgIpc) is 2.75. The molecule has 164 valence electrons. The van der Waals surface area contributed by atoms with Gasteiger partial charge in [-0.25, -0.2) is 0 Å². The standard InChI is InChI=1S/C27H38O3/c1-4-6-10-22-11-8-12-23(25(22)15-7-5-2)13-9-14-24-18-16-21(17-19-27(28)29)20-26(24)30-3/h8,11-12,16,18,20H,4-7,9-10,13-15,17,19H2,1-3H3,(H,28,29). The highest BCUT2D eigenvalue weighted by atomic mass is 16.5. The first-order valence-electron chi connectivity index (χ1n) is 11.6. The summed E-state index contributed by atoms with van der Waals surface area (Å²) < 4.78 is 5.59. The van der Waals surface area contributed by atoms with E-state index in [0.717, 1.165) is 30.6 Å². The lowest BCUT2D eigenvalue weighted by atomic mass is 9.90. The fourth-order valence-corrected chi connectivity index (χ4v) is 4.07. The van der Waals surface area contributed by atoms with Crippen molar-refractivity contribution in [2.45, 2.75) is 84.5 Å². The summed E-state index contributed by atoms with van der Waals surface area (Å²) in [6.07, 6.45) is 11.2. The number of rotatable bonds is 14. The van der Waals surface area contributed by atoms with Gasteiger partial charge in [-0.05, 0) is 85.3 Å². The molecule has 3 nitrogen and oxygen atoms in total. The number of aliphatic carboxylic acids is 1. The Kier molecular flexibility index (Phi) is 10.5. The molecule has 0 spiro atoms. The summed E-state index contributed by atoms with van der Waals surface area (Å²) in [6, 6.07) is 13.0. The number of carbonyl (C=O) groups is 1. The highest BCUT2D eigenvalue weighted by molar-refractivity contribution is 5.67. The Morgan fingerprint density at radius 1 is 0.833 bits per heavy atom. The zero-order valence-electron chi connectivity index (χ0n) is 19.0. The lowest BCUT2D eigenvalue weighted by molar-refractivity contribution is -0.136. The molecule has 0 aliphatic rings. The zero-order chi connectivity index (χ0) is 21.8. The number of aryl methyl sites for hydroxylation is 4. The second-order valence-corrected chi connectivity index (χ2v) is 8.16. The molecule has 2 aromatic carbocycles. The van der Waals surface area contributed by atoms with Crippen LogP contribution in [0.2, 0.25) is 0 Å². The number of hydrogen-bond donors (Lipinski definition) is 1. The molecule has 0 unspecified atom stereocenters. The molecule has 0 fully saturated rings. The highest BCUT2D eigenvalue weighted by Crippen LogP contribution is 2.25. The quantitative estimate of drug-likeness (QED) is 0.383. The molecule has 0 amide bonds. The van der Waals surface area contributed by atoms with Crippen LogP contribution in [-0.2, 0) is 36.9 Å². The van der Waals surface area contributed by atoms with Crippen molar-refractivity contribution in [2.24, 2.45) is 0 Å². The third-order valence-corrected chi connectivity index (χ3v) is 5.82. The Hall–Kier alpha value is -2.29. The molecule has 2 aromatic rings. The molecule has 0 aliphatic carbocycles. The molecule has 30 heavy (non-hydrogen) atoms. The van der Waals surface area contributed by atoms with Crippen LogP contribution in [0.1, 0.15) is 80.2 Å². The molecule has 2 rings (SSSR count). The van der Waals surface area contributed by atoms with E-state index in [1.807, 2.05) is 12.1 Å². The summed E-state index contributed by atoms with van der Waals surface area (Å²) in [7, 11) is 1.69. The minimum absolute atomic E-state index is 0.150. The number of hydrogen-bond acceptors (Lipinski definition) is 2. The topological polar surface area (TPSA) is 46.5 Å². The molecule has 0 saturated carbocycles. The Labute approximate surface area is 182 Å². The molecular weight excluding hydrogens is 372 g/mol. The van der Waals surface area contributed by atoms with E-state index in [2.05, 4.69) is 38.1 Å². The van der Waals surface area contributed by atoms with Gasteiger partial charge in [-0.2, -0.15) is 0 Å². The van der Waals surface area contributed by atoms with Gasteiger partial charge < -0.3 is 9.84 Å². The number of unbranched alkanes of at least 4 members (excludes halogenated alkanes) is 2. The average molecular weight is 411 g/mol. The second-order valence-electron chi connectivity index (χ2n) is 8.16. The van der Waals surface area contributed by atoms with Crippen LogP contribution in [0.15, 0.2) is 36.4 Å². The van der Waals surface area contributed by atoms with Crippen LogP contribution in [0.4, 0.5) is 0 Å². The number of ether oxygens (including phenoxy) is 1. The van der Waals surface area contributed by atoms with E-state index in [4.69, 9.17) is 9.84 Å². The maximum absolute atomic E-state index is 10.8. The number of carboxylic acid groups (broad SMARTS) is 1. The first kappa shape index (κ1) is 24.0. The number of methoxy groups -OCH3 is 1. The van der Waals surface area contributed by atoms with Crippen molar-refractivity contribution in [3.05, 3.63) is 64.2 Å². The maximum Gasteiger partial charge on any atom is 0.303 e. The van der Waals surface area contributed by atoms with Crippen LogP contribution in [0.5, 0.6) is 5.75 Å². The van der Waals surface area contributed by atoms with Crippen LogP contribution >= 0.6 is 0 Å². The third-order valence-electron chi connectivity index (χ3n) is 5.82. The predicted octanol–water partition coefficient (Wildman–Crippen LogP) is 6.57. The van der Waals surface area contributed by atoms with Crippen LogP contribution in [0.3, 0.4) is 0 Å². The van der Waals surface area contributed by atoms with E-state index >= 15 is 0 Å². The first-order chi connectivity index (χ1) is 14.6. The minimum Gasteiger partial charge on any atom is -0.496 e. The Morgan fingerprint density at radius 3 is 2.10 bits per heavy atom. The van der Waals surface area contributed by atoms with E-state index < -0.39 is 5.97 Å². The molecule has 1 N–H and O–H groups in total. The lowest BCUT2D eigenvalue weighted by Gasteiger charge is -2.16. The van der Waals surface area contributed by atoms with Gasteiger partial charge in [0.1, 0.15) is 5.75 Å². The van der Waals surface area contributed by atoms with Crippen molar-refractivity contribution in [2.75, 3.05) is 7.11 Å². The van der Waals surface area contributed by atoms with Gasteiger partial charge in [0.2, 0.25) is 0 Å². The van der Waals surface area contributed by atoms with Crippen LogP contribution in [0, 0.1) is 0 Å². The van der Waals surface area contributed by atoms with E-state index in [-0.39, 0.29) is 6.42 Å². The molecule has 0 saturated heterocycles. The zero-order valence-corrected chi connectivity index (χ0v) is 19.0. The fraction of sp³-hybridized carbons (Fsp3) is 0.519. The SMILES string of the molecule is CCCCc1cccc(CCCc2ccc(CCC(=O)O)cc2OC)c1CCCC. The van der Waals surface area contributed by atoms with E-state index in [1.54, 1.807) is 18.2 Å². The largest absolute Gasteiger partial charge is 0.496 e. The van der Waals surface area contributed by atoms with Gasteiger partial charge in [-0.15, -0.1) is 0 Å². The van der Waals surface area contributed by atoms with Crippen molar-refractivity contribution >= 4 is 5.97 Å². The molecule has 0 aliphatic heterocycles. The molecule has 0 radical (unpaired) electrons. The Bertz CT molecular complexity index is 795. The molecular formula is C27H38O3. The van der Waals surface area contributed by atoms with Gasteiger partial charge >= 0.3 is 5.97 Å². The van der Waals surface area contributed by atoms with Crippen LogP contribution in [-0.4, -0.2) is 18.2 Å². The summed E-state index contributed by atoms with van der Waals surface area (Å²) >= 11 is 0. The summed E-state index contributed by atoms with van der Waals surface area (Å²) in [4.78, 5) is 10.8. The summed E-state index contributed by atoms with van der Waals surface area (Å²) in [5.41, 5.74) is 6.86. The van der Waals surface area contributed by atoms with Crippen molar-refractivity contribution in [3.8, 4) is 5.75 Å². The predicted molar refractivity (Wildman–Crippen MR) is 125 cm³/mol. The number of benzene rings is 2. The van der Waals surface area contributed by atoms with E-state index in [0.29, 0.717) is 6.42 Å². The monoisotopic (exact) mass is 410 g/mol.